The third-order valence-electron chi connectivity index (χ3n) is 3.20. The van der Waals surface area contributed by atoms with Crippen LogP contribution in [0.2, 0.25) is 0 Å². The van der Waals surface area contributed by atoms with Crippen LogP contribution in [0.15, 0.2) is 18.2 Å². The van der Waals surface area contributed by atoms with Crippen molar-refractivity contribution in [3.8, 4) is 0 Å². The predicted molar refractivity (Wildman–Crippen MR) is 74.7 cm³/mol. The van der Waals surface area contributed by atoms with E-state index in [1.165, 1.54) is 14.0 Å². The number of esters is 1. The number of rotatable bonds is 5. The van der Waals surface area contributed by atoms with Gasteiger partial charge in [-0.15, -0.1) is 0 Å². The zero-order chi connectivity index (χ0) is 15.3. The Kier molecular flexibility index (Phi) is 5.70. The van der Waals surface area contributed by atoms with Gasteiger partial charge in [0.25, 0.3) is 0 Å². The summed E-state index contributed by atoms with van der Waals surface area (Å²) in [6.45, 7) is 7.11. The molecule has 0 aliphatic carbocycles. The molecule has 1 aromatic carbocycles. The Morgan fingerprint density at radius 3 is 2.25 bits per heavy atom. The van der Waals surface area contributed by atoms with Crippen molar-refractivity contribution in [3.63, 3.8) is 0 Å². The monoisotopic (exact) mass is 279 g/mol. The summed E-state index contributed by atoms with van der Waals surface area (Å²) in [5, 5.41) is 1.05. The molecule has 0 heterocycles. The smallest absolute Gasteiger partial charge is 0.330 e. The summed E-state index contributed by atoms with van der Waals surface area (Å²) in [6.07, 6.45) is 0. The highest BCUT2D eigenvalue weighted by atomic mass is 16.7. The van der Waals surface area contributed by atoms with Crippen LogP contribution in [0.25, 0.3) is 0 Å². The minimum absolute atomic E-state index is 0.236. The second kappa shape index (κ2) is 7.05. The number of ether oxygens (including phenoxy) is 1. The Balaban J connectivity index is 2.83. The van der Waals surface area contributed by atoms with E-state index in [0.29, 0.717) is 0 Å². The molecule has 0 radical (unpaired) electrons. The van der Waals surface area contributed by atoms with Crippen LogP contribution in [0.1, 0.15) is 30.5 Å². The Morgan fingerprint density at radius 1 is 1.25 bits per heavy atom. The number of carbonyl (C=O) groups excluding carboxylic acids is 2. The molecule has 0 aliphatic heterocycles. The summed E-state index contributed by atoms with van der Waals surface area (Å²) < 4.78 is 4.63. The lowest BCUT2D eigenvalue weighted by atomic mass is 10.0. The van der Waals surface area contributed by atoms with Gasteiger partial charge in [-0.3, -0.25) is 9.63 Å². The summed E-state index contributed by atoms with van der Waals surface area (Å²) in [6, 6.07) is 5.15. The standard InChI is InChI=1S/C15H21NO4/c1-10-7-6-8-11(2)14(10)9-20-16(13(4)17)12(3)15(18)19-5/h6-8,12H,9H2,1-5H3. The minimum atomic E-state index is -0.776. The summed E-state index contributed by atoms with van der Waals surface area (Å²) in [4.78, 5) is 28.6. The van der Waals surface area contributed by atoms with Gasteiger partial charge in [0, 0.05) is 6.92 Å². The normalized spacial score (nSPS) is 11.8. The number of benzene rings is 1. The van der Waals surface area contributed by atoms with E-state index in [2.05, 4.69) is 4.74 Å². The van der Waals surface area contributed by atoms with Crippen LogP contribution in [0.3, 0.4) is 0 Å². The number of hydroxylamine groups is 2. The lowest BCUT2D eigenvalue weighted by molar-refractivity contribution is -0.208. The van der Waals surface area contributed by atoms with Gasteiger partial charge in [-0.25, -0.2) is 9.86 Å². The maximum atomic E-state index is 11.6. The first-order valence-corrected chi connectivity index (χ1v) is 6.44. The maximum absolute atomic E-state index is 11.6. The quantitative estimate of drug-likeness (QED) is 0.612. The lowest BCUT2D eigenvalue weighted by Crippen LogP contribution is -2.42. The van der Waals surface area contributed by atoms with Crippen molar-refractivity contribution in [1.82, 2.24) is 5.06 Å². The van der Waals surface area contributed by atoms with Crippen LogP contribution in [-0.4, -0.2) is 30.1 Å². The molecule has 5 nitrogen and oxygen atoms in total. The van der Waals surface area contributed by atoms with Crippen molar-refractivity contribution in [2.75, 3.05) is 7.11 Å². The molecule has 110 valence electrons. The molecule has 1 unspecified atom stereocenters. The molecular formula is C15H21NO4. The summed E-state index contributed by atoms with van der Waals surface area (Å²) in [5.41, 5.74) is 3.18. The topological polar surface area (TPSA) is 55.8 Å². The fourth-order valence-electron chi connectivity index (χ4n) is 1.95. The highest BCUT2D eigenvalue weighted by Gasteiger charge is 2.25. The summed E-state index contributed by atoms with van der Waals surface area (Å²) in [7, 11) is 1.28. The Hall–Kier alpha value is -1.88. The van der Waals surface area contributed by atoms with Crippen molar-refractivity contribution >= 4 is 11.9 Å². The molecular weight excluding hydrogens is 258 g/mol. The van der Waals surface area contributed by atoms with E-state index < -0.39 is 12.0 Å². The molecule has 0 saturated carbocycles. The van der Waals surface area contributed by atoms with Crippen molar-refractivity contribution in [3.05, 3.63) is 34.9 Å². The number of amides is 1. The third-order valence-corrected chi connectivity index (χ3v) is 3.20. The van der Waals surface area contributed by atoms with E-state index in [0.717, 1.165) is 21.8 Å². The molecule has 1 atom stereocenters. The molecule has 1 amide bonds. The SMILES string of the molecule is COC(=O)C(C)N(OCc1c(C)cccc1C)C(C)=O. The number of hydrogen-bond donors (Lipinski definition) is 0. The largest absolute Gasteiger partial charge is 0.467 e. The van der Waals surface area contributed by atoms with Crippen molar-refractivity contribution in [2.24, 2.45) is 0 Å². The van der Waals surface area contributed by atoms with Crippen LogP contribution in [0.5, 0.6) is 0 Å². The number of carbonyl (C=O) groups is 2. The van der Waals surface area contributed by atoms with Crippen molar-refractivity contribution < 1.29 is 19.2 Å². The average molecular weight is 279 g/mol. The Morgan fingerprint density at radius 2 is 1.80 bits per heavy atom. The summed E-state index contributed by atoms with van der Waals surface area (Å²) >= 11 is 0. The first kappa shape index (κ1) is 16.2. The van der Waals surface area contributed by atoms with Crippen molar-refractivity contribution in [1.29, 1.82) is 0 Å². The van der Waals surface area contributed by atoms with Crippen molar-refractivity contribution in [2.45, 2.75) is 40.3 Å². The van der Waals surface area contributed by atoms with Crippen LogP contribution in [0, 0.1) is 13.8 Å². The predicted octanol–water partition coefficient (Wildman–Crippen LogP) is 2.15. The number of methoxy groups -OCH3 is 1. The zero-order valence-electron chi connectivity index (χ0n) is 12.6. The fourth-order valence-corrected chi connectivity index (χ4v) is 1.95. The molecule has 1 rings (SSSR count). The highest BCUT2D eigenvalue weighted by Crippen LogP contribution is 2.16. The van der Waals surface area contributed by atoms with Gasteiger partial charge in [0.05, 0.1) is 7.11 Å². The van der Waals surface area contributed by atoms with Crippen LogP contribution < -0.4 is 0 Å². The molecule has 20 heavy (non-hydrogen) atoms. The van der Waals surface area contributed by atoms with Gasteiger partial charge in [0.2, 0.25) is 5.91 Å². The van der Waals surface area contributed by atoms with Gasteiger partial charge < -0.3 is 4.74 Å². The van der Waals surface area contributed by atoms with E-state index in [4.69, 9.17) is 4.84 Å². The first-order chi connectivity index (χ1) is 9.38. The van der Waals surface area contributed by atoms with Gasteiger partial charge in [-0.2, -0.15) is 0 Å². The second-order valence-corrected chi connectivity index (χ2v) is 4.69. The van der Waals surface area contributed by atoms with Gasteiger partial charge in [-0.1, -0.05) is 18.2 Å². The first-order valence-electron chi connectivity index (χ1n) is 6.44. The number of hydrogen-bond acceptors (Lipinski definition) is 4. The van der Waals surface area contributed by atoms with E-state index in [1.54, 1.807) is 6.92 Å². The number of nitrogens with zero attached hydrogens (tertiary/aromatic N) is 1. The molecule has 5 heteroatoms. The molecule has 0 fully saturated rings. The Bertz CT molecular complexity index is 478. The van der Waals surface area contributed by atoms with Crippen LogP contribution in [-0.2, 0) is 25.8 Å². The molecule has 0 bridgehead atoms. The maximum Gasteiger partial charge on any atom is 0.330 e. The van der Waals surface area contributed by atoms with E-state index in [-0.39, 0.29) is 12.5 Å². The zero-order valence-corrected chi connectivity index (χ0v) is 12.6. The van der Waals surface area contributed by atoms with Gasteiger partial charge in [-0.05, 0) is 37.5 Å². The van der Waals surface area contributed by atoms with Gasteiger partial charge in [0.15, 0.2) is 6.04 Å². The van der Waals surface area contributed by atoms with E-state index in [1.807, 2.05) is 32.0 Å². The minimum Gasteiger partial charge on any atom is -0.467 e. The second-order valence-electron chi connectivity index (χ2n) is 4.69. The van der Waals surface area contributed by atoms with Gasteiger partial charge in [0.1, 0.15) is 6.61 Å². The average Bonchev–Trinajstić information content (AvgIpc) is 2.40. The lowest BCUT2D eigenvalue weighted by Gasteiger charge is -2.25. The van der Waals surface area contributed by atoms with Crippen LogP contribution in [0.4, 0.5) is 0 Å². The molecule has 0 saturated heterocycles. The molecule has 0 aromatic heterocycles. The van der Waals surface area contributed by atoms with Crippen LogP contribution >= 0.6 is 0 Å². The molecule has 0 spiro atoms. The third kappa shape index (κ3) is 3.81. The van der Waals surface area contributed by atoms with E-state index in [9.17, 15) is 9.59 Å². The Labute approximate surface area is 119 Å². The fraction of sp³-hybridized carbons (Fsp3) is 0.467. The molecule has 1 aromatic rings. The number of aryl methyl sites for hydroxylation is 2. The molecule has 0 N–H and O–H groups in total. The van der Waals surface area contributed by atoms with E-state index >= 15 is 0 Å². The molecule has 0 aliphatic rings. The highest BCUT2D eigenvalue weighted by molar-refractivity contribution is 5.82. The van der Waals surface area contributed by atoms with Gasteiger partial charge >= 0.3 is 5.97 Å². The summed E-state index contributed by atoms with van der Waals surface area (Å²) in [5.74, 6) is -0.851.